The summed E-state index contributed by atoms with van der Waals surface area (Å²) in [7, 11) is 0. The molecule has 6 heteroatoms. The van der Waals surface area contributed by atoms with E-state index in [0.29, 0.717) is 10.7 Å². The predicted molar refractivity (Wildman–Crippen MR) is 71.4 cm³/mol. The standard InChI is InChI=1S/C11H15N3O2S/c1-7(2)13-11(17)14-12-6-8-4-3-5-9(15)10(8)16/h3-7,15-16H,1-2H3,(H2,13,14,17)/b12-6+. The molecule has 1 aromatic rings. The second-order valence-electron chi connectivity index (χ2n) is 3.71. The maximum absolute atomic E-state index is 9.49. The zero-order chi connectivity index (χ0) is 12.8. The van der Waals surface area contributed by atoms with Gasteiger partial charge in [-0.15, -0.1) is 0 Å². The van der Waals surface area contributed by atoms with Gasteiger partial charge in [0.2, 0.25) is 0 Å². The summed E-state index contributed by atoms with van der Waals surface area (Å²) in [6.07, 6.45) is 1.38. The number of hydrazone groups is 1. The molecule has 1 rings (SSSR count). The Morgan fingerprint density at radius 3 is 2.76 bits per heavy atom. The van der Waals surface area contributed by atoms with Gasteiger partial charge in [0.05, 0.1) is 6.21 Å². The van der Waals surface area contributed by atoms with Crippen LogP contribution in [-0.2, 0) is 0 Å². The molecule has 0 atom stereocenters. The van der Waals surface area contributed by atoms with E-state index in [2.05, 4.69) is 15.8 Å². The van der Waals surface area contributed by atoms with Crippen LogP contribution in [0.3, 0.4) is 0 Å². The van der Waals surface area contributed by atoms with Crippen LogP contribution in [0.5, 0.6) is 11.5 Å². The minimum Gasteiger partial charge on any atom is -0.504 e. The minimum absolute atomic E-state index is 0.183. The van der Waals surface area contributed by atoms with Gasteiger partial charge in [0.1, 0.15) is 0 Å². The second-order valence-corrected chi connectivity index (χ2v) is 4.12. The van der Waals surface area contributed by atoms with Crippen molar-refractivity contribution in [3.63, 3.8) is 0 Å². The first-order valence-corrected chi connectivity index (χ1v) is 5.52. The van der Waals surface area contributed by atoms with Crippen molar-refractivity contribution in [1.82, 2.24) is 10.7 Å². The molecule has 0 spiro atoms. The maximum atomic E-state index is 9.49. The monoisotopic (exact) mass is 253 g/mol. The van der Waals surface area contributed by atoms with Crippen molar-refractivity contribution in [2.75, 3.05) is 0 Å². The van der Waals surface area contributed by atoms with Crippen molar-refractivity contribution in [3.8, 4) is 11.5 Å². The van der Waals surface area contributed by atoms with Crippen LogP contribution in [0.15, 0.2) is 23.3 Å². The number of hydrogen-bond donors (Lipinski definition) is 4. The molecular weight excluding hydrogens is 238 g/mol. The number of rotatable bonds is 3. The minimum atomic E-state index is -0.208. The molecule has 5 nitrogen and oxygen atoms in total. The topological polar surface area (TPSA) is 76.9 Å². The lowest BCUT2D eigenvalue weighted by Crippen LogP contribution is -2.36. The van der Waals surface area contributed by atoms with Gasteiger partial charge in [0, 0.05) is 11.6 Å². The highest BCUT2D eigenvalue weighted by molar-refractivity contribution is 7.80. The van der Waals surface area contributed by atoms with Crippen LogP contribution < -0.4 is 10.7 Å². The molecule has 0 saturated carbocycles. The predicted octanol–water partition coefficient (Wildman–Crippen LogP) is 1.30. The van der Waals surface area contributed by atoms with Crippen molar-refractivity contribution in [1.29, 1.82) is 0 Å². The number of thiocarbonyl (C=S) groups is 1. The third-order valence-electron chi connectivity index (χ3n) is 1.84. The summed E-state index contributed by atoms with van der Waals surface area (Å²) >= 11 is 4.96. The highest BCUT2D eigenvalue weighted by Crippen LogP contribution is 2.26. The van der Waals surface area contributed by atoms with E-state index in [1.807, 2.05) is 13.8 Å². The Hall–Kier alpha value is -1.82. The lowest BCUT2D eigenvalue weighted by atomic mass is 10.2. The van der Waals surface area contributed by atoms with E-state index in [4.69, 9.17) is 12.2 Å². The van der Waals surface area contributed by atoms with Gasteiger partial charge in [-0.05, 0) is 38.2 Å². The third-order valence-corrected chi connectivity index (χ3v) is 2.04. The molecule has 0 fully saturated rings. The van der Waals surface area contributed by atoms with Gasteiger partial charge >= 0.3 is 0 Å². The zero-order valence-corrected chi connectivity index (χ0v) is 10.5. The highest BCUT2D eigenvalue weighted by atomic mass is 32.1. The highest BCUT2D eigenvalue weighted by Gasteiger charge is 2.02. The number of hydrogen-bond acceptors (Lipinski definition) is 4. The summed E-state index contributed by atoms with van der Waals surface area (Å²) in [6, 6.07) is 4.85. The quantitative estimate of drug-likeness (QED) is 0.283. The van der Waals surface area contributed by atoms with E-state index in [0.717, 1.165) is 0 Å². The number of aromatic hydroxyl groups is 2. The molecule has 92 valence electrons. The van der Waals surface area contributed by atoms with E-state index < -0.39 is 0 Å². The molecule has 0 unspecified atom stereocenters. The Bertz CT molecular complexity index is 433. The van der Waals surface area contributed by atoms with Gasteiger partial charge in [0.25, 0.3) is 0 Å². The van der Waals surface area contributed by atoms with Crippen molar-refractivity contribution in [2.24, 2.45) is 5.10 Å². The Balaban J connectivity index is 2.60. The maximum Gasteiger partial charge on any atom is 0.187 e. The molecule has 0 aliphatic heterocycles. The normalized spacial score (nSPS) is 10.8. The summed E-state index contributed by atoms with van der Waals surface area (Å²) in [5.74, 6) is -0.391. The van der Waals surface area contributed by atoms with E-state index >= 15 is 0 Å². The molecule has 0 aromatic heterocycles. The molecule has 0 radical (unpaired) electrons. The Kier molecular flexibility index (Phi) is 4.71. The summed E-state index contributed by atoms with van der Waals surface area (Å²) in [6.45, 7) is 3.91. The van der Waals surface area contributed by atoms with E-state index in [1.54, 1.807) is 12.1 Å². The van der Waals surface area contributed by atoms with Crippen molar-refractivity contribution in [3.05, 3.63) is 23.8 Å². The van der Waals surface area contributed by atoms with Gasteiger partial charge in [0.15, 0.2) is 16.6 Å². The largest absolute Gasteiger partial charge is 0.504 e. The molecular formula is C11H15N3O2S. The van der Waals surface area contributed by atoms with Crippen LogP contribution in [0.4, 0.5) is 0 Å². The first kappa shape index (κ1) is 13.2. The van der Waals surface area contributed by atoms with Gasteiger partial charge in [-0.2, -0.15) is 5.10 Å². The number of phenols is 2. The van der Waals surface area contributed by atoms with Crippen molar-refractivity contribution >= 4 is 23.5 Å². The molecule has 0 heterocycles. The van der Waals surface area contributed by atoms with Crippen LogP contribution in [0, 0.1) is 0 Å². The fourth-order valence-electron chi connectivity index (χ4n) is 1.11. The lowest BCUT2D eigenvalue weighted by molar-refractivity contribution is 0.403. The van der Waals surface area contributed by atoms with Gasteiger partial charge in [-0.1, -0.05) is 6.07 Å². The molecule has 0 amide bonds. The number of para-hydroxylation sites is 1. The Labute approximate surface area is 105 Å². The fourth-order valence-corrected chi connectivity index (χ4v) is 1.40. The van der Waals surface area contributed by atoms with Gasteiger partial charge in [-0.25, -0.2) is 0 Å². The number of nitrogens with one attached hydrogen (secondary N) is 2. The molecule has 0 saturated heterocycles. The summed E-state index contributed by atoms with van der Waals surface area (Å²) in [4.78, 5) is 0. The summed E-state index contributed by atoms with van der Waals surface area (Å²) < 4.78 is 0. The Morgan fingerprint density at radius 2 is 2.12 bits per heavy atom. The van der Waals surface area contributed by atoms with E-state index in [9.17, 15) is 10.2 Å². The van der Waals surface area contributed by atoms with E-state index in [-0.39, 0.29) is 17.5 Å². The molecule has 0 aliphatic carbocycles. The molecule has 0 bridgehead atoms. The van der Waals surface area contributed by atoms with Crippen LogP contribution in [0.2, 0.25) is 0 Å². The van der Waals surface area contributed by atoms with Crippen molar-refractivity contribution < 1.29 is 10.2 Å². The Morgan fingerprint density at radius 1 is 1.41 bits per heavy atom. The number of phenolic OH excluding ortho intramolecular Hbond substituents is 2. The zero-order valence-electron chi connectivity index (χ0n) is 9.64. The molecule has 0 aliphatic rings. The first-order chi connectivity index (χ1) is 8.00. The van der Waals surface area contributed by atoms with Crippen LogP contribution >= 0.6 is 12.2 Å². The number of nitrogens with zero attached hydrogens (tertiary/aromatic N) is 1. The lowest BCUT2D eigenvalue weighted by Gasteiger charge is -2.09. The van der Waals surface area contributed by atoms with Crippen molar-refractivity contribution in [2.45, 2.75) is 19.9 Å². The van der Waals surface area contributed by atoms with Crippen LogP contribution in [0.1, 0.15) is 19.4 Å². The summed E-state index contributed by atoms with van der Waals surface area (Å²) in [5, 5.41) is 25.9. The average molecular weight is 253 g/mol. The SMILES string of the molecule is CC(C)NC(=S)N/N=C/c1cccc(O)c1O. The van der Waals surface area contributed by atoms with Gasteiger partial charge in [-0.3, -0.25) is 5.43 Å². The average Bonchev–Trinajstić information content (AvgIpc) is 2.23. The third kappa shape index (κ3) is 4.28. The number of benzene rings is 1. The first-order valence-electron chi connectivity index (χ1n) is 5.11. The summed E-state index contributed by atoms with van der Waals surface area (Å²) in [5.41, 5.74) is 3.01. The second kappa shape index (κ2) is 6.05. The van der Waals surface area contributed by atoms with Crippen LogP contribution in [-0.4, -0.2) is 27.6 Å². The van der Waals surface area contributed by atoms with Gasteiger partial charge < -0.3 is 15.5 Å². The smallest absolute Gasteiger partial charge is 0.187 e. The van der Waals surface area contributed by atoms with E-state index in [1.165, 1.54) is 12.3 Å². The fraction of sp³-hybridized carbons (Fsp3) is 0.273. The van der Waals surface area contributed by atoms with Crippen LogP contribution in [0.25, 0.3) is 0 Å². The molecule has 1 aromatic carbocycles. The molecule has 4 N–H and O–H groups in total. The molecule has 17 heavy (non-hydrogen) atoms.